The van der Waals surface area contributed by atoms with E-state index in [-0.39, 0.29) is 16.2 Å². The second-order valence-corrected chi connectivity index (χ2v) is 3.63. The Morgan fingerprint density at radius 2 is 1.87 bits per heavy atom. The average Bonchev–Trinajstić information content (AvgIpc) is 2.06. The van der Waals surface area contributed by atoms with Crippen LogP contribution in [-0.4, -0.2) is 4.99 Å². The van der Waals surface area contributed by atoms with Crippen molar-refractivity contribution in [3.63, 3.8) is 0 Å². The van der Waals surface area contributed by atoms with Crippen LogP contribution in [0.4, 0.5) is 18.9 Å². The van der Waals surface area contributed by atoms with E-state index in [0.717, 1.165) is 12.1 Å². The number of benzene rings is 1. The van der Waals surface area contributed by atoms with Gasteiger partial charge >= 0.3 is 6.18 Å². The van der Waals surface area contributed by atoms with Crippen LogP contribution in [0.1, 0.15) is 11.1 Å². The Labute approximate surface area is 94.0 Å². The number of hydrogen-bond donors (Lipinski definition) is 2. The van der Waals surface area contributed by atoms with Gasteiger partial charge in [-0.2, -0.15) is 13.2 Å². The third-order valence-corrected chi connectivity index (χ3v) is 2.24. The summed E-state index contributed by atoms with van der Waals surface area (Å²) in [7, 11) is 0. The van der Waals surface area contributed by atoms with Crippen LogP contribution >= 0.6 is 23.8 Å². The Kier molecular flexibility index (Phi) is 3.11. The molecule has 7 heteroatoms. The van der Waals surface area contributed by atoms with Gasteiger partial charge in [-0.25, -0.2) is 0 Å². The number of rotatable bonds is 1. The van der Waals surface area contributed by atoms with E-state index in [1.165, 1.54) is 0 Å². The summed E-state index contributed by atoms with van der Waals surface area (Å²) in [5.41, 5.74) is 9.62. The molecule has 0 unspecified atom stereocenters. The average molecular weight is 255 g/mol. The van der Waals surface area contributed by atoms with Crippen LogP contribution in [0.25, 0.3) is 0 Å². The predicted molar refractivity (Wildman–Crippen MR) is 56.8 cm³/mol. The number of hydrogen-bond acceptors (Lipinski definition) is 2. The van der Waals surface area contributed by atoms with Gasteiger partial charge in [-0.3, -0.25) is 0 Å². The molecule has 0 aliphatic carbocycles. The zero-order chi connectivity index (χ0) is 11.8. The molecule has 0 spiro atoms. The summed E-state index contributed by atoms with van der Waals surface area (Å²) >= 11 is 10.0. The molecule has 0 aromatic heterocycles. The van der Waals surface area contributed by atoms with E-state index in [1.807, 2.05) is 0 Å². The van der Waals surface area contributed by atoms with Gasteiger partial charge in [-0.15, -0.1) is 0 Å². The second kappa shape index (κ2) is 3.86. The minimum atomic E-state index is -4.54. The third-order valence-electron chi connectivity index (χ3n) is 1.71. The van der Waals surface area contributed by atoms with Gasteiger partial charge in [0.25, 0.3) is 0 Å². The fourth-order valence-electron chi connectivity index (χ4n) is 1.02. The van der Waals surface area contributed by atoms with Gasteiger partial charge in [0.15, 0.2) is 0 Å². The normalized spacial score (nSPS) is 11.5. The minimum Gasteiger partial charge on any atom is -0.398 e. The standard InChI is InChI=1S/C8H6ClF3N2S/c9-5-1-3(7(14)15)6(13)2-4(5)8(10,11)12/h1-2H,13H2,(H2,14,15). The van der Waals surface area contributed by atoms with Crippen molar-refractivity contribution in [3.8, 4) is 0 Å². The predicted octanol–water partition coefficient (Wildman–Crippen LogP) is 2.58. The highest BCUT2D eigenvalue weighted by atomic mass is 35.5. The van der Waals surface area contributed by atoms with Gasteiger partial charge in [0.05, 0.1) is 10.6 Å². The van der Waals surface area contributed by atoms with Gasteiger partial charge in [-0.1, -0.05) is 23.8 Å². The van der Waals surface area contributed by atoms with E-state index in [0.29, 0.717) is 0 Å². The topological polar surface area (TPSA) is 52.0 Å². The van der Waals surface area contributed by atoms with E-state index >= 15 is 0 Å². The molecule has 0 amide bonds. The van der Waals surface area contributed by atoms with E-state index in [9.17, 15) is 13.2 Å². The van der Waals surface area contributed by atoms with Crippen LogP contribution < -0.4 is 11.5 Å². The summed E-state index contributed by atoms with van der Waals surface area (Å²) in [5, 5.41) is -0.473. The smallest absolute Gasteiger partial charge is 0.398 e. The number of anilines is 1. The number of nitrogens with two attached hydrogens (primary N) is 2. The van der Waals surface area contributed by atoms with Gasteiger partial charge < -0.3 is 11.5 Å². The monoisotopic (exact) mass is 254 g/mol. The number of alkyl halides is 3. The molecule has 0 heterocycles. The first-order chi connectivity index (χ1) is 6.73. The van der Waals surface area contributed by atoms with E-state index in [4.69, 9.17) is 23.1 Å². The molecule has 0 saturated carbocycles. The third kappa shape index (κ3) is 2.51. The van der Waals surface area contributed by atoms with Crippen molar-refractivity contribution >= 4 is 34.5 Å². The fraction of sp³-hybridized carbons (Fsp3) is 0.125. The molecule has 0 atom stereocenters. The lowest BCUT2D eigenvalue weighted by atomic mass is 10.1. The minimum absolute atomic E-state index is 0.0943. The van der Waals surface area contributed by atoms with Gasteiger partial charge in [0.2, 0.25) is 0 Å². The summed E-state index contributed by atoms with van der Waals surface area (Å²) in [4.78, 5) is -0.0943. The highest BCUT2D eigenvalue weighted by Gasteiger charge is 2.33. The molecule has 0 saturated heterocycles. The first-order valence-electron chi connectivity index (χ1n) is 3.69. The summed E-state index contributed by atoms with van der Waals surface area (Å²) < 4.78 is 37.1. The molecule has 2 nitrogen and oxygen atoms in total. The number of nitrogen functional groups attached to an aromatic ring is 1. The second-order valence-electron chi connectivity index (χ2n) is 2.78. The van der Waals surface area contributed by atoms with Gasteiger partial charge in [0, 0.05) is 11.3 Å². The van der Waals surface area contributed by atoms with Crippen LogP contribution in [0.15, 0.2) is 12.1 Å². The summed E-state index contributed by atoms with van der Waals surface area (Å²) in [6, 6.07) is 1.73. The highest BCUT2D eigenvalue weighted by Crippen LogP contribution is 2.36. The first kappa shape index (κ1) is 12.1. The maximum atomic E-state index is 12.4. The largest absolute Gasteiger partial charge is 0.417 e. The van der Waals surface area contributed by atoms with Crippen LogP contribution in [0, 0.1) is 0 Å². The molecule has 4 N–H and O–H groups in total. The lowest BCUT2D eigenvalue weighted by Crippen LogP contribution is -2.14. The van der Waals surface area contributed by atoms with Crippen LogP contribution in [0.5, 0.6) is 0 Å². The van der Waals surface area contributed by atoms with Crippen molar-refractivity contribution in [3.05, 3.63) is 28.3 Å². The van der Waals surface area contributed by atoms with Crippen LogP contribution in [-0.2, 0) is 6.18 Å². The molecule has 0 aliphatic heterocycles. The zero-order valence-electron chi connectivity index (χ0n) is 7.23. The highest BCUT2D eigenvalue weighted by molar-refractivity contribution is 7.80. The maximum absolute atomic E-state index is 12.4. The van der Waals surface area contributed by atoms with Crippen molar-refractivity contribution in [2.75, 3.05) is 5.73 Å². The lowest BCUT2D eigenvalue weighted by molar-refractivity contribution is -0.137. The summed E-state index contributed by atoms with van der Waals surface area (Å²) in [5.74, 6) is 0. The van der Waals surface area contributed by atoms with Crippen LogP contribution in [0.2, 0.25) is 5.02 Å². The fourth-order valence-corrected chi connectivity index (χ4v) is 1.47. The molecular weight excluding hydrogens is 249 g/mol. The molecule has 1 aromatic carbocycles. The maximum Gasteiger partial charge on any atom is 0.417 e. The van der Waals surface area contributed by atoms with Crippen molar-refractivity contribution in [1.82, 2.24) is 0 Å². The Morgan fingerprint density at radius 1 is 1.33 bits per heavy atom. The Morgan fingerprint density at radius 3 is 2.27 bits per heavy atom. The molecule has 0 bridgehead atoms. The quantitative estimate of drug-likeness (QED) is 0.598. The van der Waals surface area contributed by atoms with Gasteiger partial charge in [0.1, 0.15) is 4.99 Å². The van der Waals surface area contributed by atoms with Gasteiger partial charge in [-0.05, 0) is 12.1 Å². The number of halogens is 4. The van der Waals surface area contributed by atoms with E-state index in [2.05, 4.69) is 12.2 Å². The van der Waals surface area contributed by atoms with Crippen molar-refractivity contribution < 1.29 is 13.2 Å². The van der Waals surface area contributed by atoms with Crippen molar-refractivity contribution in [1.29, 1.82) is 0 Å². The molecule has 0 aliphatic rings. The van der Waals surface area contributed by atoms with E-state index in [1.54, 1.807) is 0 Å². The zero-order valence-corrected chi connectivity index (χ0v) is 8.80. The molecule has 1 aromatic rings. The first-order valence-corrected chi connectivity index (χ1v) is 4.48. The molecule has 0 fully saturated rings. The summed E-state index contributed by atoms with van der Waals surface area (Å²) in [6.07, 6.45) is -4.54. The SMILES string of the molecule is NC(=S)c1cc(Cl)c(C(F)(F)F)cc1N. The van der Waals surface area contributed by atoms with Crippen LogP contribution in [0.3, 0.4) is 0 Å². The number of thiocarbonyl (C=S) groups is 1. The molecule has 15 heavy (non-hydrogen) atoms. The molecular formula is C8H6ClF3N2S. The summed E-state index contributed by atoms with van der Waals surface area (Å²) in [6.45, 7) is 0. The lowest BCUT2D eigenvalue weighted by Gasteiger charge is -2.12. The van der Waals surface area contributed by atoms with Crippen molar-refractivity contribution in [2.24, 2.45) is 5.73 Å². The Hall–Kier alpha value is -1.01. The molecule has 82 valence electrons. The molecule has 0 radical (unpaired) electrons. The Balaban J connectivity index is 3.39. The van der Waals surface area contributed by atoms with Crippen molar-refractivity contribution in [2.45, 2.75) is 6.18 Å². The Bertz CT molecular complexity index is 417. The molecule has 1 rings (SSSR count). The van der Waals surface area contributed by atoms with E-state index < -0.39 is 16.8 Å².